The number of nitrogens with one attached hydrogen (secondary N) is 1. The minimum Gasteiger partial charge on any atom is -0.465 e. The van der Waals surface area contributed by atoms with Gasteiger partial charge in [0.05, 0.1) is 26.2 Å². The van der Waals surface area contributed by atoms with Crippen LogP contribution in [-0.4, -0.2) is 102 Å². The lowest BCUT2D eigenvalue weighted by atomic mass is 10.0. The van der Waals surface area contributed by atoms with Crippen molar-refractivity contribution in [1.82, 2.24) is 19.7 Å². The number of methoxy groups -OCH3 is 1. The molecular formula is C29H36N4O6S. The number of piperazine rings is 1. The molecule has 1 N–H and O–H groups in total. The summed E-state index contributed by atoms with van der Waals surface area (Å²) in [5.41, 5.74) is 2.01. The minimum absolute atomic E-state index is 0.0512. The normalized spacial score (nSPS) is 15.6. The molecule has 2 aromatic heterocycles. The van der Waals surface area contributed by atoms with E-state index in [1.807, 2.05) is 48.0 Å². The van der Waals surface area contributed by atoms with Gasteiger partial charge in [0.2, 0.25) is 17.7 Å². The number of benzene rings is 1. The number of hydrogen-bond acceptors (Lipinski definition) is 7. The number of aromatic amines is 1. The minimum atomic E-state index is -0.955. The number of rotatable bonds is 14. The van der Waals surface area contributed by atoms with Crippen LogP contribution in [0.15, 0.2) is 48.0 Å². The fraction of sp³-hybridized carbons (Fsp3) is 0.448. The third kappa shape index (κ3) is 7.28. The lowest BCUT2D eigenvalue weighted by Gasteiger charge is -2.40. The van der Waals surface area contributed by atoms with Gasteiger partial charge in [0.15, 0.2) is 0 Å². The van der Waals surface area contributed by atoms with Gasteiger partial charge in [-0.05, 0) is 42.8 Å². The molecule has 3 heterocycles. The van der Waals surface area contributed by atoms with Gasteiger partial charge in [0.25, 0.3) is 0 Å². The Labute approximate surface area is 237 Å². The predicted molar refractivity (Wildman–Crippen MR) is 152 cm³/mol. The second-order valence-electron chi connectivity index (χ2n) is 9.62. The highest BCUT2D eigenvalue weighted by molar-refractivity contribution is 7.09. The van der Waals surface area contributed by atoms with E-state index in [1.165, 1.54) is 21.8 Å². The molecule has 1 fully saturated rings. The second kappa shape index (κ2) is 14.1. The molecule has 4 rings (SSSR count). The number of thiophene rings is 1. The number of amides is 3. The van der Waals surface area contributed by atoms with Crippen LogP contribution in [0.1, 0.15) is 23.8 Å². The van der Waals surface area contributed by atoms with Crippen molar-refractivity contribution in [2.24, 2.45) is 0 Å². The summed E-state index contributed by atoms with van der Waals surface area (Å²) in [5, 5.41) is 3.01. The molecule has 3 amide bonds. The van der Waals surface area contributed by atoms with Crippen LogP contribution in [0, 0.1) is 0 Å². The first-order chi connectivity index (χ1) is 19.4. The zero-order chi connectivity index (χ0) is 28.5. The quantitative estimate of drug-likeness (QED) is 0.299. The summed E-state index contributed by atoms with van der Waals surface area (Å²) < 4.78 is 10.3. The van der Waals surface area contributed by atoms with Gasteiger partial charge >= 0.3 is 5.97 Å². The van der Waals surface area contributed by atoms with Gasteiger partial charge in [-0.15, -0.1) is 11.3 Å². The molecule has 214 valence electrons. The average Bonchev–Trinajstić information content (AvgIpc) is 3.62. The van der Waals surface area contributed by atoms with Crippen molar-refractivity contribution in [2.45, 2.75) is 32.2 Å². The van der Waals surface area contributed by atoms with E-state index in [1.54, 1.807) is 18.3 Å². The van der Waals surface area contributed by atoms with E-state index < -0.39 is 12.0 Å². The van der Waals surface area contributed by atoms with Gasteiger partial charge < -0.3 is 29.2 Å². The Balaban J connectivity index is 1.52. The zero-order valence-corrected chi connectivity index (χ0v) is 23.8. The Morgan fingerprint density at radius 1 is 1.12 bits per heavy atom. The van der Waals surface area contributed by atoms with Crippen molar-refractivity contribution in [3.8, 4) is 0 Å². The van der Waals surface area contributed by atoms with E-state index >= 15 is 0 Å². The Morgan fingerprint density at radius 2 is 1.95 bits per heavy atom. The molecule has 0 radical (unpaired) electrons. The van der Waals surface area contributed by atoms with Crippen molar-refractivity contribution in [3.63, 3.8) is 0 Å². The largest absolute Gasteiger partial charge is 0.465 e. The molecule has 1 saturated heterocycles. The molecule has 0 bridgehead atoms. The number of carbonyl (C=O) groups excluding carboxylic acids is 4. The molecule has 1 aliphatic heterocycles. The number of H-pyrrole nitrogens is 1. The molecule has 1 aromatic carbocycles. The van der Waals surface area contributed by atoms with Gasteiger partial charge in [-0.2, -0.15) is 0 Å². The third-order valence-electron chi connectivity index (χ3n) is 7.04. The Morgan fingerprint density at radius 3 is 2.70 bits per heavy atom. The number of para-hydroxylation sites is 1. The van der Waals surface area contributed by atoms with Gasteiger partial charge in [0.1, 0.15) is 12.6 Å². The van der Waals surface area contributed by atoms with Crippen LogP contribution in [0.5, 0.6) is 0 Å². The van der Waals surface area contributed by atoms with Gasteiger partial charge in [-0.3, -0.25) is 19.2 Å². The molecule has 3 aromatic rings. The van der Waals surface area contributed by atoms with Gasteiger partial charge in [-0.1, -0.05) is 24.3 Å². The highest BCUT2D eigenvalue weighted by atomic mass is 32.1. The van der Waals surface area contributed by atoms with Crippen molar-refractivity contribution in [2.75, 3.05) is 53.0 Å². The summed E-state index contributed by atoms with van der Waals surface area (Å²) in [6.45, 7) is 2.76. The maximum atomic E-state index is 13.7. The summed E-state index contributed by atoms with van der Waals surface area (Å²) in [7, 11) is 1.53. The van der Waals surface area contributed by atoms with Crippen LogP contribution in [-0.2, 0) is 41.5 Å². The molecule has 0 spiro atoms. The lowest BCUT2D eigenvalue weighted by molar-refractivity contribution is -0.159. The molecule has 1 atom stereocenters. The molecule has 1 aliphatic rings. The Bertz CT molecular complexity index is 1310. The summed E-state index contributed by atoms with van der Waals surface area (Å²) >= 11 is 1.58. The van der Waals surface area contributed by atoms with Gasteiger partial charge in [-0.25, -0.2) is 0 Å². The van der Waals surface area contributed by atoms with E-state index in [2.05, 4.69) is 4.98 Å². The number of aromatic nitrogens is 1. The maximum absolute atomic E-state index is 13.7. The molecule has 0 aliphatic carbocycles. The van der Waals surface area contributed by atoms with Crippen molar-refractivity contribution >= 4 is 45.9 Å². The fourth-order valence-corrected chi connectivity index (χ4v) is 5.65. The smallest absolute Gasteiger partial charge is 0.325 e. The van der Waals surface area contributed by atoms with Crippen molar-refractivity contribution in [1.29, 1.82) is 0 Å². The van der Waals surface area contributed by atoms with Crippen molar-refractivity contribution < 1.29 is 28.7 Å². The van der Waals surface area contributed by atoms with E-state index in [0.717, 1.165) is 21.3 Å². The number of esters is 1. The fourth-order valence-electron chi connectivity index (χ4n) is 4.95. The van der Waals surface area contributed by atoms with Crippen LogP contribution >= 0.6 is 11.3 Å². The Kier molecular flexibility index (Phi) is 10.3. The molecule has 1 unspecified atom stereocenters. The van der Waals surface area contributed by atoms with E-state index in [4.69, 9.17) is 9.47 Å². The predicted octanol–water partition coefficient (Wildman–Crippen LogP) is 2.48. The van der Waals surface area contributed by atoms with E-state index in [0.29, 0.717) is 19.4 Å². The van der Waals surface area contributed by atoms with Gasteiger partial charge in [0, 0.05) is 48.7 Å². The Hall–Kier alpha value is -3.70. The molecule has 0 saturated carbocycles. The number of carbonyl (C=O) groups is 4. The van der Waals surface area contributed by atoms with Crippen LogP contribution in [0.4, 0.5) is 0 Å². The maximum Gasteiger partial charge on any atom is 0.325 e. The van der Waals surface area contributed by atoms with Crippen molar-refractivity contribution in [3.05, 3.63) is 58.4 Å². The monoisotopic (exact) mass is 568 g/mol. The number of ether oxygens (including phenoxy) is 2. The highest BCUT2D eigenvalue weighted by Crippen LogP contribution is 2.21. The first-order valence-electron chi connectivity index (χ1n) is 13.5. The molecular weight excluding hydrogens is 532 g/mol. The summed E-state index contributed by atoms with van der Waals surface area (Å²) in [6.07, 6.45) is 2.79. The first kappa shape index (κ1) is 29.3. The van der Waals surface area contributed by atoms with Crippen LogP contribution in [0.3, 0.4) is 0 Å². The number of hydrogen-bond donors (Lipinski definition) is 1. The topological polar surface area (TPSA) is 112 Å². The average molecular weight is 569 g/mol. The molecule has 11 heteroatoms. The zero-order valence-electron chi connectivity index (χ0n) is 23.0. The van der Waals surface area contributed by atoms with Crippen LogP contribution in [0.25, 0.3) is 10.9 Å². The summed E-state index contributed by atoms with van der Waals surface area (Å²) in [5.74, 6) is -1.39. The first-order valence-corrected chi connectivity index (χ1v) is 14.4. The second-order valence-corrected chi connectivity index (χ2v) is 10.7. The standard InChI is InChI=1S/C29H36N4O6S/c1-3-39-28(36)20-31(12-10-21-18-30-24-9-5-4-8-23(21)24)26(34)17-25-29(37)32(14-15-38-2)19-27(35)33(25)13-11-22-7-6-16-40-22/h4-9,16,18,25,30H,3,10-15,17,19-20H2,1-2H3. The van der Waals surface area contributed by atoms with E-state index in [9.17, 15) is 19.2 Å². The third-order valence-corrected chi connectivity index (χ3v) is 7.97. The number of nitrogens with zero attached hydrogens (tertiary/aromatic N) is 3. The summed E-state index contributed by atoms with van der Waals surface area (Å²) in [6, 6.07) is 10.9. The lowest BCUT2D eigenvalue weighted by Crippen LogP contribution is -2.61. The molecule has 10 nitrogen and oxygen atoms in total. The van der Waals surface area contributed by atoms with E-state index in [-0.39, 0.29) is 63.5 Å². The SMILES string of the molecule is CCOC(=O)CN(CCc1c[nH]c2ccccc12)C(=O)CC1C(=O)N(CCOC)CC(=O)N1CCc1cccs1. The highest BCUT2D eigenvalue weighted by Gasteiger charge is 2.41. The number of fused-ring (bicyclic) bond motifs is 1. The van der Waals surface area contributed by atoms with Crippen LogP contribution in [0.2, 0.25) is 0 Å². The molecule has 40 heavy (non-hydrogen) atoms. The van der Waals surface area contributed by atoms with Crippen LogP contribution < -0.4 is 0 Å². The summed E-state index contributed by atoms with van der Waals surface area (Å²) in [4.78, 5) is 61.6.